The third-order valence-corrected chi connectivity index (χ3v) is 14.4. The summed E-state index contributed by atoms with van der Waals surface area (Å²) in [6, 6.07) is 0. The summed E-state index contributed by atoms with van der Waals surface area (Å²) in [6.07, 6.45) is 1.67. The predicted molar refractivity (Wildman–Crippen MR) is 293 cm³/mol. The van der Waals surface area contributed by atoms with Crippen molar-refractivity contribution in [2.75, 3.05) is 138 Å². The van der Waals surface area contributed by atoms with Crippen molar-refractivity contribution >= 4 is 35.8 Å². The van der Waals surface area contributed by atoms with Crippen LogP contribution in [-0.2, 0) is 57.2 Å². The standard InChI is InChI=1S/C57H109N5O12/c1-16-46(52(64)74-44-57(13,14)15)28-27-29-47(53(65)70-36-31-59(19-4)20-5)41-49(55(67)72-38-33-61(23-8)24-9)43-50(56(68)73-39-34-62(25-10)26-11)42-48(54(66)71-37-32-60(21-6)22-7)40-45(12)51(63)69-35-30-58(17-2)18-3/h45-50H,16-44H2,1-15H3. The van der Waals surface area contributed by atoms with Crippen LogP contribution in [0, 0.1) is 40.9 Å². The fourth-order valence-corrected chi connectivity index (χ4v) is 8.95. The maximum atomic E-state index is 14.6. The molecule has 0 aliphatic rings. The normalized spacial score (nSPS) is 14.4. The number of esters is 6. The second kappa shape index (κ2) is 41.7. The van der Waals surface area contributed by atoms with E-state index in [4.69, 9.17) is 28.4 Å². The van der Waals surface area contributed by atoms with Crippen LogP contribution in [0.3, 0.4) is 0 Å². The lowest BCUT2D eigenvalue weighted by atomic mass is 9.80. The molecule has 0 radical (unpaired) electrons. The van der Waals surface area contributed by atoms with E-state index in [0.717, 1.165) is 65.4 Å². The lowest BCUT2D eigenvalue weighted by Crippen LogP contribution is -2.36. The largest absolute Gasteiger partial charge is 0.465 e. The minimum atomic E-state index is -1.03. The second-order valence-electron chi connectivity index (χ2n) is 20.8. The van der Waals surface area contributed by atoms with E-state index in [0.29, 0.717) is 58.4 Å². The van der Waals surface area contributed by atoms with Gasteiger partial charge in [0.15, 0.2) is 0 Å². The van der Waals surface area contributed by atoms with Gasteiger partial charge in [0.05, 0.1) is 42.1 Å². The van der Waals surface area contributed by atoms with E-state index >= 15 is 0 Å². The molecule has 434 valence electrons. The van der Waals surface area contributed by atoms with Crippen molar-refractivity contribution in [3.63, 3.8) is 0 Å². The van der Waals surface area contributed by atoms with Crippen LogP contribution in [0.4, 0.5) is 0 Å². The summed E-state index contributed by atoms with van der Waals surface area (Å²) >= 11 is 0. The molecule has 6 atom stereocenters. The molecule has 0 aromatic heterocycles. The molecule has 0 bridgehead atoms. The molecule has 0 N–H and O–H groups in total. The monoisotopic (exact) mass is 1060 g/mol. The number of hydrogen-bond acceptors (Lipinski definition) is 17. The number of ether oxygens (including phenoxy) is 6. The van der Waals surface area contributed by atoms with E-state index in [1.807, 2.05) is 96.9 Å². The van der Waals surface area contributed by atoms with Crippen molar-refractivity contribution < 1.29 is 57.2 Å². The fraction of sp³-hybridized carbons (Fsp3) is 0.895. The Morgan fingerprint density at radius 3 is 0.905 bits per heavy atom. The average molecular weight is 1060 g/mol. The van der Waals surface area contributed by atoms with Crippen LogP contribution in [0.2, 0.25) is 0 Å². The fourth-order valence-electron chi connectivity index (χ4n) is 8.95. The molecule has 0 aliphatic heterocycles. The van der Waals surface area contributed by atoms with Crippen molar-refractivity contribution in [1.82, 2.24) is 24.5 Å². The molecule has 17 nitrogen and oxygen atoms in total. The number of nitrogens with zero attached hydrogens (tertiary/aromatic N) is 5. The Balaban J connectivity index is 7.46. The van der Waals surface area contributed by atoms with E-state index in [2.05, 4.69) is 24.5 Å². The summed E-state index contributed by atoms with van der Waals surface area (Å²) in [7, 11) is 0. The summed E-state index contributed by atoms with van der Waals surface area (Å²) in [4.78, 5) is 95.3. The van der Waals surface area contributed by atoms with E-state index in [9.17, 15) is 28.8 Å². The maximum absolute atomic E-state index is 14.6. The van der Waals surface area contributed by atoms with Gasteiger partial charge >= 0.3 is 35.8 Å². The van der Waals surface area contributed by atoms with Gasteiger partial charge in [-0.1, -0.05) is 110 Å². The highest BCUT2D eigenvalue weighted by Crippen LogP contribution is 2.33. The molecule has 0 rings (SSSR count). The van der Waals surface area contributed by atoms with Gasteiger partial charge in [0.25, 0.3) is 0 Å². The van der Waals surface area contributed by atoms with Crippen molar-refractivity contribution in [2.24, 2.45) is 40.9 Å². The first-order valence-electron chi connectivity index (χ1n) is 28.9. The Morgan fingerprint density at radius 2 is 0.608 bits per heavy atom. The van der Waals surface area contributed by atoms with Crippen LogP contribution in [0.5, 0.6) is 0 Å². The SMILES string of the molecule is CCC(CCCC(CC(CC(CC(CC(C)C(=O)OCCN(CC)CC)C(=O)OCCN(CC)CC)C(=O)OCCN(CC)CC)C(=O)OCCN(CC)CC)C(=O)OCCN(CC)CC)C(=O)OCC(C)(C)C. The molecule has 0 heterocycles. The lowest BCUT2D eigenvalue weighted by Gasteiger charge is -2.28. The van der Waals surface area contributed by atoms with Gasteiger partial charge in [0.2, 0.25) is 0 Å². The smallest absolute Gasteiger partial charge is 0.309 e. The maximum Gasteiger partial charge on any atom is 0.309 e. The van der Waals surface area contributed by atoms with E-state index in [1.165, 1.54) is 0 Å². The molecule has 0 aromatic rings. The molecular formula is C57H109N5O12. The van der Waals surface area contributed by atoms with Crippen LogP contribution in [0.25, 0.3) is 0 Å². The summed E-state index contributed by atoms with van der Waals surface area (Å²) < 4.78 is 35.3. The summed E-state index contributed by atoms with van der Waals surface area (Å²) in [5, 5.41) is 0. The highest BCUT2D eigenvalue weighted by molar-refractivity contribution is 5.80. The first-order chi connectivity index (χ1) is 35.2. The molecule has 0 fully saturated rings. The average Bonchev–Trinajstić information content (AvgIpc) is 3.38. The Bertz CT molecular complexity index is 1510. The van der Waals surface area contributed by atoms with Crippen LogP contribution < -0.4 is 0 Å². The van der Waals surface area contributed by atoms with Crippen LogP contribution in [0.1, 0.15) is 155 Å². The Kier molecular flexibility index (Phi) is 39.8. The van der Waals surface area contributed by atoms with Crippen molar-refractivity contribution in [1.29, 1.82) is 0 Å². The van der Waals surface area contributed by atoms with E-state index < -0.39 is 59.4 Å². The van der Waals surface area contributed by atoms with E-state index in [1.54, 1.807) is 6.92 Å². The highest BCUT2D eigenvalue weighted by Gasteiger charge is 2.38. The highest BCUT2D eigenvalue weighted by atomic mass is 16.6. The van der Waals surface area contributed by atoms with Gasteiger partial charge in [0, 0.05) is 32.7 Å². The predicted octanol–water partition coefficient (Wildman–Crippen LogP) is 7.86. The first-order valence-corrected chi connectivity index (χ1v) is 28.9. The summed E-state index contributed by atoms with van der Waals surface area (Å²) in [5.41, 5.74) is -0.195. The number of rotatable bonds is 45. The van der Waals surface area contributed by atoms with Crippen LogP contribution >= 0.6 is 0 Å². The zero-order valence-electron chi connectivity index (χ0n) is 49.6. The van der Waals surface area contributed by atoms with Gasteiger partial charge in [-0.2, -0.15) is 0 Å². The van der Waals surface area contributed by atoms with Gasteiger partial charge in [-0.15, -0.1) is 0 Å². The lowest BCUT2D eigenvalue weighted by molar-refractivity contribution is -0.157. The Morgan fingerprint density at radius 1 is 0.351 bits per heavy atom. The molecule has 74 heavy (non-hydrogen) atoms. The second-order valence-corrected chi connectivity index (χ2v) is 20.8. The topological polar surface area (TPSA) is 174 Å². The van der Waals surface area contributed by atoms with Crippen LogP contribution in [-0.4, -0.2) is 198 Å². The minimum absolute atomic E-state index is 0.00303. The molecule has 0 spiro atoms. The van der Waals surface area contributed by atoms with Gasteiger partial charge in [-0.3, -0.25) is 28.8 Å². The van der Waals surface area contributed by atoms with Crippen molar-refractivity contribution in [3.8, 4) is 0 Å². The van der Waals surface area contributed by atoms with Gasteiger partial charge in [0.1, 0.15) is 33.0 Å². The summed E-state index contributed by atoms with van der Waals surface area (Å²) in [6.45, 7) is 41.4. The van der Waals surface area contributed by atoms with Gasteiger partial charge in [-0.05, 0) is 116 Å². The first kappa shape index (κ1) is 70.6. The molecule has 0 aliphatic carbocycles. The molecule has 0 saturated heterocycles. The molecular weight excluding hydrogens is 947 g/mol. The van der Waals surface area contributed by atoms with Gasteiger partial charge in [-0.25, -0.2) is 0 Å². The molecule has 17 heteroatoms. The third kappa shape index (κ3) is 31.0. The van der Waals surface area contributed by atoms with E-state index in [-0.39, 0.29) is 82.6 Å². The molecule has 0 saturated carbocycles. The zero-order chi connectivity index (χ0) is 56.1. The van der Waals surface area contributed by atoms with Crippen molar-refractivity contribution in [3.05, 3.63) is 0 Å². The molecule has 0 aromatic carbocycles. The minimum Gasteiger partial charge on any atom is -0.465 e. The Labute approximate surface area is 450 Å². The number of hydrogen-bond donors (Lipinski definition) is 0. The Hall–Kier alpha value is -3.38. The third-order valence-electron chi connectivity index (χ3n) is 14.4. The zero-order valence-corrected chi connectivity index (χ0v) is 49.6. The van der Waals surface area contributed by atoms with Crippen molar-refractivity contribution in [2.45, 2.75) is 155 Å². The number of carbonyl (C=O) groups excluding carboxylic acids is 6. The van der Waals surface area contributed by atoms with Gasteiger partial charge < -0.3 is 52.9 Å². The van der Waals surface area contributed by atoms with Crippen LogP contribution in [0.15, 0.2) is 0 Å². The quantitative estimate of drug-likeness (QED) is 0.0426. The number of likely N-dealkylation sites (N-methyl/N-ethyl adjacent to an activating group) is 5. The summed E-state index contributed by atoms with van der Waals surface area (Å²) in [5.74, 6) is -7.77. The number of carbonyl (C=O) groups is 6. The molecule has 0 amide bonds. The molecule has 6 unspecified atom stereocenters.